The van der Waals surface area contributed by atoms with Gasteiger partial charge in [0.15, 0.2) is 0 Å². The second-order valence-corrected chi connectivity index (χ2v) is 7.88. The highest BCUT2D eigenvalue weighted by Crippen LogP contribution is 2.38. The smallest absolute Gasteiger partial charge is 0.133 e. The lowest BCUT2D eigenvalue weighted by Gasteiger charge is -2.24. The molecule has 24 heavy (non-hydrogen) atoms. The van der Waals surface area contributed by atoms with Crippen LogP contribution in [0.2, 0.25) is 0 Å². The number of hydrogen-bond acceptors (Lipinski definition) is 4. The van der Waals surface area contributed by atoms with Crippen molar-refractivity contribution < 1.29 is 9.50 Å². The Hall–Kier alpha value is -1.30. The maximum Gasteiger partial charge on any atom is 0.133 e. The van der Waals surface area contributed by atoms with Gasteiger partial charge >= 0.3 is 0 Å². The van der Waals surface area contributed by atoms with Crippen molar-refractivity contribution in [1.29, 1.82) is 0 Å². The fourth-order valence-electron chi connectivity index (χ4n) is 3.37. The van der Waals surface area contributed by atoms with E-state index in [-0.39, 0.29) is 11.9 Å². The molecule has 3 rings (SSSR count). The van der Waals surface area contributed by atoms with Crippen molar-refractivity contribution in [3.8, 4) is 10.6 Å². The summed E-state index contributed by atoms with van der Waals surface area (Å²) in [5.41, 5.74) is 1.71. The predicted octanol–water partition coefficient (Wildman–Crippen LogP) is 4.32. The number of nitrogens with one attached hydrogen (secondary N) is 1. The molecular formula is C19H25FN2OS. The Kier molecular flexibility index (Phi) is 5.64. The van der Waals surface area contributed by atoms with Crippen molar-refractivity contribution in [3.05, 3.63) is 40.7 Å². The number of benzene rings is 1. The summed E-state index contributed by atoms with van der Waals surface area (Å²) in [5.74, 6) is 0.216. The van der Waals surface area contributed by atoms with E-state index in [1.807, 2.05) is 13.0 Å². The molecule has 1 aliphatic carbocycles. The molecule has 0 aliphatic heterocycles. The Morgan fingerprint density at radius 3 is 2.92 bits per heavy atom. The second kappa shape index (κ2) is 7.72. The lowest BCUT2D eigenvalue weighted by Crippen LogP contribution is -2.29. The highest BCUT2D eigenvalue weighted by atomic mass is 32.1. The lowest BCUT2D eigenvalue weighted by molar-refractivity contribution is 0.162. The van der Waals surface area contributed by atoms with Crippen molar-refractivity contribution in [3.63, 3.8) is 0 Å². The summed E-state index contributed by atoms with van der Waals surface area (Å²) in [4.78, 5) is 5.96. The Balaban J connectivity index is 1.75. The van der Waals surface area contributed by atoms with E-state index < -0.39 is 0 Å². The number of rotatable bonds is 6. The number of aliphatic hydroxyl groups is 1. The lowest BCUT2D eigenvalue weighted by atomic mass is 9.97. The van der Waals surface area contributed by atoms with Crippen molar-refractivity contribution >= 4 is 11.3 Å². The third-order valence-electron chi connectivity index (χ3n) is 4.51. The SMILES string of the molecule is CC(O)CC(C)CNC1CCCc2nc(-c3ccccc3F)sc21. The second-order valence-electron chi connectivity index (χ2n) is 6.85. The van der Waals surface area contributed by atoms with Crippen LogP contribution in [-0.2, 0) is 6.42 Å². The molecule has 2 aromatic rings. The minimum absolute atomic E-state index is 0.210. The van der Waals surface area contributed by atoms with Crippen molar-refractivity contribution in [2.24, 2.45) is 5.92 Å². The van der Waals surface area contributed by atoms with E-state index in [1.165, 1.54) is 10.9 Å². The van der Waals surface area contributed by atoms with Crippen LogP contribution in [0.25, 0.3) is 10.6 Å². The van der Waals surface area contributed by atoms with Gasteiger partial charge < -0.3 is 10.4 Å². The zero-order valence-electron chi connectivity index (χ0n) is 14.3. The molecule has 0 amide bonds. The van der Waals surface area contributed by atoms with Gasteiger partial charge in [0.2, 0.25) is 0 Å². The summed E-state index contributed by atoms with van der Waals surface area (Å²) in [6.07, 6.45) is 3.71. The Labute approximate surface area is 147 Å². The zero-order chi connectivity index (χ0) is 17.1. The van der Waals surface area contributed by atoms with Crippen LogP contribution in [0.15, 0.2) is 24.3 Å². The van der Waals surface area contributed by atoms with Crippen molar-refractivity contribution in [2.75, 3.05) is 6.54 Å². The van der Waals surface area contributed by atoms with Crippen molar-refractivity contribution in [2.45, 2.75) is 51.7 Å². The zero-order valence-corrected chi connectivity index (χ0v) is 15.1. The standard InChI is InChI=1S/C19H25FN2OS/c1-12(10-13(2)23)11-21-16-8-5-9-17-18(16)24-19(22-17)14-6-3-4-7-15(14)20/h3-4,6-7,12-13,16,21,23H,5,8-11H2,1-2H3. The summed E-state index contributed by atoms with van der Waals surface area (Å²) in [5, 5.41) is 13.9. The van der Waals surface area contributed by atoms with Crippen LogP contribution in [-0.4, -0.2) is 22.7 Å². The van der Waals surface area contributed by atoms with E-state index in [9.17, 15) is 9.50 Å². The number of fused-ring (bicyclic) bond motifs is 1. The van der Waals surface area contributed by atoms with E-state index in [1.54, 1.807) is 23.5 Å². The number of hydrogen-bond donors (Lipinski definition) is 2. The van der Waals surface area contributed by atoms with Gasteiger partial charge in [-0.15, -0.1) is 11.3 Å². The van der Waals surface area contributed by atoms with Crippen molar-refractivity contribution in [1.82, 2.24) is 10.3 Å². The first kappa shape index (κ1) is 17.5. The third-order valence-corrected chi connectivity index (χ3v) is 5.76. The van der Waals surface area contributed by atoms with E-state index in [2.05, 4.69) is 12.2 Å². The van der Waals surface area contributed by atoms with Crippen LogP contribution < -0.4 is 5.32 Å². The number of halogens is 1. The van der Waals surface area contributed by atoms with E-state index in [0.29, 0.717) is 17.5 Å². The number of aliphatic hydroxyl groups excluding tert-OH is 1. The number of thiazole rings is 1. The van der Waals surface area contributed by atoms with Crippen LogP contribution in [0, 0.1) is 11.7 Å². The van der Waals surface area contributed by atoms with Gasteiger partial charge in [0.25, 0.3) is 0 Å². The topological polar surface area (TPSA) is 45.1 Å². The molecule has 0 saturated heterocycles. The molecule has 1 aromatic carbocycles. The number of aromatic nitrogens is 1. The highest BCUT2D eigenvalue weighted by molar-refractivity contribution is 7.15. The van der Waals surface area contributed by atoms with Gasteiger partial charge in [-0.1, -0.05) is 19.1 Å². The fraction of sp³-hybridized carbons (Fsp3) is 0.526. The molecule has 3 atom stereocenters. The summed E-state index contributed by atoms with van der Waals surface area (Å²) in [6, 6.07) is 7.14. The Morgan fingerprint density at radius 2 is 2.17 bits per heavy atom. The predicted molar refractivity (Wildman–Crippen MR) is 96.7 cm³/mol. The van der Waals surface area contributed by atoms with Gasteiger partial charge in [-0.2, -0.15) is 0 Å². The van der Waals surface area contributed by atoms with Crippen LogP contribution in [0.5, 0.6) is 0 Å². The first-order valence-electron chi connectivity index (χ1n) is 8.70. The molecule has 1 aliphatic rings. The van der Waals surface area contributed by atoms with Crippen LogP contribution in [0.3, 0.4) is 0 Å². The molecule has 3 nitrogen and oxygen atoms in total. The molecule has 0 bridgehead atoms. The van der Waals surface area contributed by atoms with E-state index in [4.69, 9.17) is 4.98 Å². The largest absolute Gasteiger partial charge is 0.393 e. The van der Waals surface area contributed by atoms with Gasteiger partial charge in [0.05, 0.1) is 11.8 Å². The van der Waals surface area contributed by atoms with Crippen LogP contribution in [0.4, 0.5) is 4.39 Å². The summed E-state index contributed by atoms with van der Waals surface area (Å²) >= 11 is 1.61. The molecule has 5 heteroatoms. The van der Waals surface area contributed by atoms with Gasteiger partial charge in [-0.3, -0.25) is 0 Å². The molecule has 0 fully saturated rings. The van der Waals surface area contributed by atoms with Gasteiger partial charge in [0, 0.05) is 16.5 Å². The summed E-state index contributed by atoms with van der Waals surface area (Å²) < 4.78 is 14.0. The molecule has 1 heterocycles. The molecule has 0 spiro atoms. The summed E-state index contributed by atoms with van der Waals surface area (Å²) in [7, 11) is 0. The normalized spacial score (nSPS) is 19.8. The maximum atomic E-state index is 14.0. The quantitative estimate of drug-likeness (QED) is 0.817. The summed E-state index contributed by atoms with van der Waals surface area (Å²) in [6.45, 7) is 4.86. The monoisotopic (exact) mass is 348 g/mol. The van der Waals surface area contributed by atoms with Crippen LogP contribution >= 0.6 is 11.3 Å². The highest BCUT2D eigenvalue weighted by Gasteiger charge is 2.25. The molecule has 0 radical (unpaired) electrons. The molecule has 2 N–H and O–H groups in total. The number of nitrogens with zero attached hydrogens (tertiary/aromatic N) is 1. The first-order chi connectivity index (χ1) is 11.5. The molecule has 130 valence electrons. The average Bonchev–Trinajstić information content (AvgIpc) is 2.97. The average molecular weight is 348 g/mol. The van der Waals surface area contributed by atoms with Gasteiger partial charge in [-0.25, -0.2) is 9.37 Å². The maximum absolute atomic E-state index is 14.0. The van der Waals surface area contributed by atoms with Gasteiger partial charge in [-0.05, 0) is 57.2 Å². The van der Waals surface area contributed by atoms with Gasteiger partial charge in [0.1, 0.15) is 10.8 Å². The Bertz CT molecular complexity index is 686. The van der Waals surface area contributed by atoms with E-state index in [0.717, 1.165) is 42.9 Å². The number of aryl methyl sites for hydroxylation is 1. The molecule has 3 unspecified atom stereocenters. The van der Waals surface area contributed by atoms with Crippen LogP contribution in [0.1, 0.15) is 49.7 Å². The Morgan fingerprint density at radius 1 is 1.38 bits per heavy atom. The minimum Gasteiger partial charge on any atom is -0.393 e. The molecule has 0 saturated carbocycles. The molecular weight excluding hydrogens is 323 g/mol. The minimum atomic E-state index is -0.264. The first-order valence-corrected chi connectivity index (χ1v) is 9.52. The third kappa shape index (κ3) is 4.02. The fourth-order valence-corrected chi connectivity index (χ4v) is 4.62. The molecule has 1 aromatic heterocycles. The van der Waals surface area contributed by atoms with E-state index >= 15 is 0 Å².